The number of morpholine rings is 1. The fraction of sp³-hybridized carbons (Fsp3) is 0.375. The molecule has 0 aliphatic carbocycles. The number of carboxylic acids is 1. The molecule has 1 aromatic heterocycles. The highest BCUT2D eigenvalue weighted by molar-refractivity contribution is 5.87. The average Bonchev–Trinajstić information content (AvgIpc) is 2.83. The van der Waals surface area contributed by atoms with E-state index in [9.17, 15) is 14.7 Å². The van der Waals surface area contributed by atoms with Gasteiger partial charge in [-0.15, -0.1) is 0 Å². The molecular formula is C16H18N2O4. The topological polar surface area (TPSA) is 71.8 Å². The summed E-state index contributed by atoms with van der Waals surface area (Å²) in [5.41, 5.74) is 1.96. The molecule has 6 heteroatoms. The molecule has 1 aromatic carbocycles. The lowest BCUT2D eigenvalue weighted by Gasteiger charge is -2.33. The van der Waals surface area contributed by atoms with Gasteiger partial charge in [0.2, 0.25) is 5.91 Å². The number of aromatic nitrogens is 1. The minimum Gasteiger partial charge on any atom is -0.480 e. The van der Waals surface area contributed by atoms with E-state index in [1.54, 1.807) is 0 Å². The molecule has 1 aliphatic rings. The van der Waals surface area contributed by atoms with Gasteiger partial charge in [-0.1, -0.05) is 18.2 Å². The van der Waals surface area contributed by atoms with Crippen molar-refractivity contribution in [2.24, 2.45) is 0 Å². The molecule has 0 saturated carbocycles. The zero-order valence-corrected chi connectivity index (χ0v) is 12.4. The van der Waals surface area contributed by atoms with E-state index in [4.69, 9.17) is 4.74 Å². The number of carbonyl (C=O) groups is 2. The highest BCUT2D eigenvalue weighted by Gasteiger charge is 2.32. The summed E-state index contributed by atoms with van der Waals surface area (Å²) in [4.78, 5) is 25.2. The van der Waals surface area contributed by atoms with E-state index in [2.05, 4.69) is 0 Å². The van der Waals surface area contributed by atoms with Crippen LogP contribution in [-0.2, 0) is 20.9 Å². The van der Waals surface area contributed by atoms with E-state index in [-0.39, 0.29) is 19.1 Å². The molecule has 3 rings (SSSR count). The maximum atomic E-state index is 12.6. The number of benzene rings is 1. The van der Waals surface area contributed by atoms with E-state index in [1.165, 1.54) is 4.90 Å². The number of nitrogens with zero attached hydrogens (tertiary/aromatic N) is 2. The zero-order chi connectivity index (χ0) is 15.7. The smallest absolute Gasteiger partial charge is 0.328 e. The van der Waals surface area contributed by atoms with Crippen molar-refractivity contribution in [3.8, 4) is 0 Å². The second-order valence-corrected chi connectivity index (χ2v) is 5.45. The Morgan fingerprint density at radius 3 is 2.91 bits per heavy atom. The van der Waals surface area contributed by atoms with Crippen LogP contribution < -0.4 is 0 Å². The molecule has 1 amide bonds. The molecule has 2 heterocycles. The molecular weight excluding hydrogens is 284 g/mol. The molecule has 0 radical (unpaired) electrons. The van der Waals surface area contributed by atoms with Crippen molar-refractivity contribution in [2.45, 2.75) is 19.5 Å². The van der Waals surface area contributed by atoms with Crippen LogP contribution in [0.25, 0.3) is 10.9 Å². The number of carboxylic acid groups (broad SMARTS) is 1. The lowest BCUT2D eigenvalue weighted by molar-refractivity contribution is -0.158. The van der Waals surface area contributed by atoms with Gasteiger partial charge in [0.1, 0.15) is 6.54 Å². The van der Waals surface area contributed by atoms with Crippen molar-refractivity contribution < 1.29 is 19.4 Å². The molecule has 22 heavy (non-hydrogen) atoms. The number of carbonyl (C=O) groups excluding carboxylic acids is 1. The van der Waals surface area contributed by atoms with E-state index < -0.39 is 12.0 Å². The van der Waals surface area contributed by atoms with Crippen LogP contribution in [-0.4, -0.2) is 52.3 Å². The third kappa shape index (κ3) is 2.57. The number of hydrogen-bond acceptors (Lipinski definition) is 3. The van der Waals surface area contributed by atoms with Gasteiger partial charge in [0.25, 0.3) is 0 Å². The van der Waals surface area contributed by atoms with E-state index in [0.29, 0.717) is 13.2 Å². The van der Waals surface area contributed by atoms with Gasteiger partial charge in [-0.25, -0.2) is 4.79 Å². The summed E-state index contributed by atoms with van der Waals surface area (Å²) < 4.78 is 7.09. The van der Waals surface area contributed by atoms with Gasteiger partial charge >= 0.3 is 5.97 Å². The Balaban J connectivity index is 1.86. The molecule has 1 fully saturated rings. The number of rotatable bonds is 3. The maximum absolute atomic E-state index is 12.6. The van der Waals surface area contributed by atoms with Gasteiger partial charge in [-0.3, -0.25) is 4.79 Å². The Bertz CT molecular complexity index is 722. The van der Waals surface area contributed by atoms with Crippen LogP contribution in [0.2, 0.25) is 0 Å². The molecule has 116 valence electrons. The molecule has 0 spiro atoms. The second-order valence-electron chi connectivity index (χ2n) is 5.45. The SMILES string of the molecule is Cc1cc2ccccc2n1CC(=O)N1CCOC[C@H]1C(=O)O. The predicted octanol–water partition coefficient (Wildman–Crippen LogP) is 1.26. The zero-order valence-electron chi connectivity index (χ0n) is 12.4. The minimum absolute atomic E-state index is 0.0481. The summed E-state index contributed by atoms with van der Waals surface area (Å²) in [7, 11) is 0. The monoisotopic (exact) mass is 302 g/mol. The van der Waals surface area contributed by atoms with Crippen LogP contribution in [0.15, 0.2) is 30.3 Å². The first kappa shape index (κ1) is 14.6. The van der Waals surface area contributed by atoms with Gasteiger partial charge in [0, 0.05) is 17.8 Å². The Kier molecular flexibility index (Phi) is 3.85. The molecule has 1 atom stereocenters. The quantitative estimate of drug-likeness (QED) is 0.926. The normalized spacial score (nSPS) is 18.6. The second kappa shape index (κ2) is 5.81. The van der Waals surface area contributed by atoms with Gasteiger partial charge in [-0.05, 0) is 24.4 Å². The molecule has 6 nitrogen and oxygen atoms in total. The number of para-hydroxylation sites is 1. The Hall–Kier alpha value is -2.34. The van der Waals surface area contributed by atoms with E-state index in [0.717, 1.165) is 16.6 Å². The molecule has 2 aromatic rings. The number of fused-ring (bicyclic) bond motifs is 1. The summed E-state index contributed by atoms with van der Waals surface area (Å²) in [6.07, 6.45) is 0. The standard InChI is InChI=1S/C16H18N2O4/c1-11-8-12-4-2-3-5-13(12)18(11)9-15(19)17-6-7-22-10-14(17)16(20)21/h2-5,8,14H,6-7,9-10H2,1H3,(H,20,21)/t14-/m0/s1. The average molecular weight is 302 g/mol. The van der Waals surface area contributed by atoms with Crippen molar-refractivity contribution in [1.29, 1.82) is 0 Å². The summed E-state index contributed by atoms with van der Waals surface area (Å²) in [5, 5.41) is 10.3. The molecule has 0 bridgehead atoms. The third-order valence-electron chi connectivity index (χ3n) is 4.04. The van der Waals surface area contributed by atoms with Gasteiger partial charge in [0.05, 0.1) is 13.2 Å². The van der Waals surface area contributed by atoms with Crippen LogP contribution in [0.5, 0.6) is 0 Å². The molecule has 1 saturated heterocycles. The first-order chi connectivity index (χ1) is 10.6. The van der Waals surface area contributed by atoms with Crippen molar-refractivity contribution in [1.82, 2.24) is 9.47 Å². The van der Waals surface area contributed by atoms with Crippen LogP contribution >= 0.6 is 0 Å². The highest BCUT2D eigenvalue weighted by atomic mass is 16.5. The summed E-state index contributed by atoms with van der Waals surface area (Å²) >= 11 is 0. The van der Waals surface area contributed by atoms with E-state index >= 15 is 0 Å². The number of hydrogen-bond donors (Lipinski definition) is 1. The third-order valence-corrected chi connectivity index (χ3v) is 4.04. The Morgan fingerprint density at radius 2 is 2.14 bits per heavy atom. The highest BCUT2D eigenvalue weighted by Crippen LogP contribution is 2.20. The summed E-state index contributed by atoms with van der Waals surface area (Å²) in [5.74, 6) is -1.22. The first-order valence-corrected chi connectivity index (χ1v) is 7.23. The fourth-order valence-electron chi connectivity index (χ4n) is 2.89. The fourth-order valence-corrected chi connectivity index (χ4v) is 2.89. The lowest BCUT2D eigenvalue weighted by Crippen LogP contribution is -2.53. The maximum Gasteiger partial charge on any atom is 0.328 e. The van der Waals surface area contributed by atoms with Crippen LogP contribution in [0.4, 0.5) is 0 Å². The summed E-state index contributed by atoms with van der Waals surface area (Å²) in [6.45, 7) is 2.83. The largest absolute Gasteiger partial charge is 0.480 e. The van der Waals surface area contributed by atoms with E-state index in [1.807, 2.05) is 41.8 Å². The predicted molar refractivity (Wildman–Crippen MR) is 80.6 cm³/mol. The van der Waals surface area contributed by atoms with Crippen molar-refractivity contribution in [3.63, 3.8) is 0 Å². The number of amides is 1. The minimum atomic E-state index is -1.03. The lowest BCUT2D eigenvalue weighted by atomic mass is 10.2. The first-order valence-electron chi connectivity index (χ1n) is 7.23. The van der Waals surface area contributed by atoms with Gasteiger partial charge in [0.15, 0.2) is 6.04 Å². The number of aliphatic carboxylic acids is 1. The Labute approximate surface area is 127 Å². The summed E-state index contributed by atoms with van der Waals surface area (Å²) in [6, 6.07) is 8.97. The molecule has 1 N–H and O–H groups in total. The van der Waals surface area contributed by atoms with Crippen molar-refractivity contribution >= 4 is 22.8 Å². The number of ether oxygens (including phenoxy) is 1. The van der Waals surface area contributed by atoms with Crippen LogP contribution in [0.3, 0.4) is 0 Å². The van der Waals surface area contributed by atoms with Gasteiger partial charge in [-0.2, -0.15) is 0 Å². The van der Waals surface area contributed by atoms with Crippen molar-refractivity contribution in [3.05, 3.63) is 36.0 Å². The van der Waals surface area contributed by atoms with Crippen LogP contribution in [0.1, 0.15) is 5.69 Å². The van der Waals surface area contributed by atoms with Crippen molar-refractivity contribution in [2.75, 3.05) is 19.8 Å². The number of aryl methyl sites for hydroxylation is 1. The van der Waals surface area contributed by atoms with Crippen LogP contribution in [0, 0.1) is 6.92 Å². The van der Waals surface area contributed by atoms with Gasteiger partial charge < -0.3 is 19.3 Å². The Morgan fingerprint density at radius 1 is 1.36 bits per heavy atom. The molecule has 0 unspecified atom stereocenters. The molecule has 1 aliphatic heterocycles.